The second-order valence-electron chi connectivity index (χ2n) is 4.32. The third-order valence-corrected chi connectivity index (χ3v) is 3.11. The van der Waals surface area contributed by atoms with Crippen molar-refractivity contribution in [3.63, 3.8) is 0 Å². The van der Waals surface area contributed by atoms with E-state index in [4.69, 9.17) is 5.11 Å². The van der Waals surface area contributed by atoms with Gasteiger partial charge in [-0.05, 0) is 19.3 Å². The van der Waals surface area contributed by atoms with Crippen molar-refractivity contribution < 1.29 is 9.90 Å². The van der Waals surface area contributed by atoms with Gasteiger partial charge in [-0.2, -0.15) is 0 Å². The summed E-state index contributed by atoms with van der Waals surface area (Å²) in [5.41, 5.74) is 0. The average molecular weight is 207 g/mol. The lowest BCUT2D eigenvalue weighted by atomic mass is 10.1. The van der Waals surface area contributed by atoms with Gasteiger partial charge in [-0.3, -0.25) is 4.79 Å². The first-order valence-electron chi connectivity index (χ1n) is 5.54. The normalized spacial score (nSPS) is 29.9. The van der Waals surface area contributed by atoms with Crippen LogP contribution in [0.1, 0.15) is 19.3 Å². The molecule has 0 radical (unpaired) electrons. The molecule has 2 N–H and O–H groups in total. The van der Waals surface area contributed by atoms with Gasteiger partial charge in [-0.1, -0.05) is 24.3 Å². The molecule has 0 saturated heterocycles. The topological polar surface area (TPSA) is 49.3 Å². The highest BCUT2D eigenvalue weighted by Crippen LogP contribution is 2.21. The van der Waals surface area contributed by atoms with Gasteiger partial charge < -0.3 is 10.4 Å². The van der Waals surface area contributed by atoms with Crippen molar-refractivity contribution in [2.24, 2.45) is 11.8 Å². The average Bonchev–Trinajstić information content (AvgIpc) is 2.87. The van der Waals surface area contributed by atoms with Crippen LogP contribution in [-0.4, -0.2) is 23.7 Å². The molecule has 0 aromatic carbocycles. The molecule has 0 bridgehead atoms. The first kappa shape index (κ1) is 10.4. The summed E-state index contributed by atoms with van der Waals surface area (Å²) in [6, 6.07) is 0.121. The van der Waals surface area contributed by atoms with Gasteiger partial charge in [0, 0.05) is 24.5 Å². The van der Waals surface area contributed by atoms with Crippen LogP contribution in [0.2, 0.25) is 0 Å². The predicted octanol–water partition coefficient (Wildman–Crippen LogP) is 1.01. The van der Waals surface area contributed by atoms with Gasteiger partial charge in [0.05, 0.1) is 0 Å². The van der Waals surface area contributed by atoms with Crippen molar-refractivity contribution in [2.45, 2.75) is 25.3 Å². The monoisotopic (exact) mass is 207 g/mol. The van der Waals surface area contributed by atoms with Gasteiger partial charge >= 0.3 is 0 Å². The number of rotatable bonds is 3. The van der Waals surface area contributed by atoms with Crippen molar-refractivity contribution in [3.8, 4) is 0 Å². The molecule has 3 heteroatoms. The van der Waals surface area contributed by atoms with Crippen LogP contribution >= 0.6 is 0 Å². The molecule has 2 rings (SSSR count). The van der Waals surface area contributed by atoms with Crippen LogP contribution in [0.3, 0.4) is 0 Å². The molecule has 3 nitrogen and oxygen atoms in total. The zero-order valence-electron chi connectivity index (χ0n) is 8.73. The Kier molecular flexibility index (Phi) is 3.21. The Balaban J connectivity index is 1.78. The maximum atomic E-state index is 11.7. The summed E-state index contributed by atoms with van der Waals surface area (Å²) in [7, 11) is 0. The minimum atomic E-state index is 0.121. The number of aliphatic hydroxyl groups is 1. The van der Waals surface area contributed by atoms with E-state index >= 15 is 0 Å². The van der Waals surface area contributed by atoms with Crippen LogP contribution in [0, 0.1) is 11.8 Å². The lowest BCUT2D eigenvalue weighted by Gasteiger charge is -2.15. The molecular formula is C12H17NO2. The largest absolute Gasteiger partial charge is 0.396 e. The van der Waals surface area contributed by atoms with Gasteiger partial charge in [0.1, 0.15) is 0 Å². The number of allylic oxidation sites excluding steroid dienone is 2. The van der Waals surface area contributed by atoms with Crippen LogP contribution in [-0.2, 0) is 4.79 Å². The van der Waals surface area contributed by atoms with E-state index in [1.165, 1.54) is 0 Å². The highest BCUT2D eigenvalue weighted by atomic mass is 16.3. The van der Waals surface area contributed by atoms with Crippen LogP contribution in [0.25, 0.3) is 0 Å². The van der Waals surface area contributed by atoms with Crippen LogP contribution in [0.15, 0.2) is 24.3 Å². The molecule has 2 aliphatic carbocycles. The zero-order chi connectivity index (χ0) is 10.7. The smallest absolute Gasteiger partial charge is 0.224 e. The summed E-state index contributed by atoms with van der Waals surface area (Å²) >= 11 is 0. The standard InChI is InChI=1S/C12H17NO2/c14-8-9-5-6-11(7-9)13-12(15)10-3-1-2-4-10/h1-2,5-6,9-11,14H,3-4,7-8H2,(H,13,15)/t9-,11+/m0/s1. The Morgan fingerprint density at radius 2 is 2.07 bits per heavy atom. The summed E-state index contributed by atoms with van der Waals surface area (Å²) in [6.07, 6.45) is 10.7. The van der Waals surface area contributed by atoms with Crippen molar-refractivity contribution >= 4 is 5.91 Å². The molecule has 0 unspecified atom stereocenters. The minimum absolute atomic E-state index is 0.121. The van der Waals surface area contributed by atoms with Crippen molar-refractivity contribution in [3.05, 3.63) is 24.3 Å². The molecule has 2 atom stereocenters. The number of nitrogens with one attached hydrogen (secondary N) is 1. The number of hydrogen-bond acceptors (Lipinski definition) is 2. The molecule has 0 aromatic heterocycles. The molecule has 1 amide bonds. The third kappa shape index (κ3) is 2.48. The Hall–Kier alpha value is -1.09. The fourth-order valence-corrected chi connectivity index (χ4v) is 2.15. The number of carbonyl (C=O) groups excluding carboxylic acids is 1. The van der Waals surface area contributed by atoms with E-state index in [9.17, 15) is 4.79 Å². The van der Waals surface area contributed by atoms with E-state index in [-0.39, 0.29) is 30.4 Å². The van der Waals surface area contributed by atoms with Gasteiger partial charge in [0.15, 0.2) is 0 Å². The van der Waals surface area contributed by atoms with Crippen molar-refractivity contribution in [1.82, 2.24) is 5.32 Å². The molecule has 15 heavy (non-hydrogen) atoms. The number of hydrogen-bond donors (Lipinski definition) is 2. The highest BCUT2D eigenvalue weighted by molar-refractivity contribution is 5.80. The number of aliphatic hydroxyl groups excluding tert-OH is 1. The molecule has 0 heterocycles. The molecule has 0 spiro atoms. The quantitative estimate of drug-likeness (QED) is 0.678. The van der Waals surface area contributed by atoms with Crippen LogP contribution < -0.4 is 5.32 Å². The Morgan fingerprint density at radius 1 is 1.33 bits per heavy atom. The highest BCUT2D eigenvalue weighted by Gasteiger charge is 2.24. The summed E-state index contributed by atoms with van der Waals surface area (Å²) in [5, 5.41) is 12.0. The van der Waals surface area contributed by atoms with E-state index < -0.39 is 0 Å². The summed E-state index contributed by atoms with van der Waals surface area (Å²) in [4.78, 5) is 11.7. The molecule has 0 saturated carbocycles. The zero-order valence-corrected chi connectivity index (χ0v) is 8.73. The molecule has 82 valence electrons. The predicted molar refractivity (Wildman–Crippen MR) is 58.1 cm³/mol. The van der Waals surface area contributed by atoms with Crippen LogP contribution in [0.5, 0.6) is 0 Å². The van der Waals surface area contributed by atoms with E-state index in [1.807, 2.05) is 12.2 Å². The second-order valence-corrected chi connectivity index (χ2v) is 4.32. The van der Waals surface area contributed by atoms with E-state index in [0.717, 1.165) is 19.3 Å². The lowest BCUT2D eigenvalue weighted by molar-refractivity contribution is -0.125. The molecule has 2 aliphatic rings. The number of carbonyl (C=O) groups is 1. The van der Waals surface area contributed by atoms with Crippen LogP contribution in [0.4, 0.5) is 0 Å². The fraction of sp³-hybridized carbons (Fsp3) is 0.583. The SMILES string of the molecule is O=C(N[C@@H]1C=C[C@H](CO)C1)C1CC=CC1. The lowest BCUT2D eigenvalue weighted by Crippen LogP contribution is -2.36. The maximum absolute atomic E-state index is 11.7. The summed E-state index contributed by atoms with van der Waals surface area (Å²) in [5.74, 6) is 0.497. The third-order valence-electron chi connectivity index (χ3n) is 3.11. The Bertz CT molecular complexity index is 288. The minimum Gasteiger partial charge on any atom is -0.396 e. The van der Waals surface area contributed by atoms with Gasteiger partial charge in [0.25, 0.3) is 0 Å². The van der Waals surface area contributed by atoms with E-state index in [1.54, 1.807) is 0 Å². The van der Waals surface area contributed by atoms with Gasteiger partial charge in [-0.15, -0.1) is 0 Å². The molecule has 0 fully saturated rings. The van der Waals surface area contributed by atoms with E-state index in [2.05, 4.69) is 17.5 Å². The molecule has 0 aromatic rings. The Labute approximate surface area is 89.9 Å². The van der Waals surface area contributed by atoms with Gasteiger partial charge in [-0.25, -0.2) is 0 Å². The summed E-state index contributed by atoms with van der Waals surface area (Å²) < 4.78 is 0. The van der Waals surface area contributed by atoms with Crippen molar-refractivity contribution in [1.29, 1.82) is 0 Å². The van der Waals surface area contributed by atoms with Crippen molar-refractivity contribution in [2.75, 3.05) is 6.61 Å². The molecule has 0 aliphatic heterocycles. The Morgan fingerprint density at radius 3 is 2.67 bits per heavy atom. The fourth-order valence-electron chi connectivity index (χ4n) is 2.15. The second kappa shape index (κ2) is 4.62. The number of amides is 1. The first-order chi connectivity index (χ1) is 7.29. The maximum Gasteiger partial charge on any atom is 0.224 e. The van der Waals surface area contributed by atoms with Gasteiger partial charge in [0.2, 0.25) is 5.91 Å². The summed E-state index contributed by atoms with van der Waals surface area (Å²) in [6.45, 7) is 0.174. The first-order valence-corrected chi connectivity index (χ1v) is 5.54. The molecular weight excluding hydrogens is 190 g/mol. The van der Waals surface area contributed by atoms with E-state index in [0.29, 0.717) is 0 Å².